The highest BCUT2D eigenvalue weighted by molar-refractivity contribution is 7.99. The molecule has 0 saturated carbocycles. The molecule has 1 aromatic rings. The Morgan fingerprint density at radius 3 is 2.62 bits per heavy atom. The number of nitrogens with zero attached hydrogens (tertiary/aromatic N) is 2. The molecule has 0 aromatic carbocycles. The summed E-state index contributed by atoms with van der Waals surface area (Å²) in [6.07, 6.45) is 0.660. The molecule has 6 heteroatoms. The Kier molecular flexibility index (Phi) is 4.70. The number of aliphatic hydroxyl groups excluding tert-OH is 1. The fourth-order valence-corrected chi connectivity index (χ4v) is 2.09. The highest BCUT2D eigenvalue weighted by atomic mass is 32.2. The maximum Gasteiger partial charge on any atom is 0.340 e. The summed E-state index contributed by atoms with van der Waals surface area (Å²) in [5.74, 6) is 0.0309. The lowest BCUT2D eigenvalue weighted by Crippen LogP contribution is -2.09. The largest absolute Gasteiger partial charge is 0.478 e. The van der Waals surface area contributed by atoms with Crippen LogP contribution in [0.3, 0.4) is 0 Å². The van der Waals surface area contributed by atoms with Gasteiger partial charge in [-0.25, -0.2) is 14.8 Å². The SMILES string of the molecule is CCc1nc(C)c(C(=O)O)c(SCCO)n1. The normalized spacial score (nSPS) is 10.4. The summed E-state index contributed by atoms with van der Waals surface area (Å²) in [5.41, 5.74) is 0.607. The fraction of sp³-hybridized carbons (Fsp3) is 0.500. The first-order valence-electron chi connectivity index (χ1n) is 4.94. The van der Waals surface area contributed by atoms with Crippen LogP contribution in [0.5, 0.6) is 0 Å². The van der Waals surface area contributed by atoms with Gasteiger partial charge >= 0.3 is 5.97 Å². The number of carboxylic acids is 1. The Labute approximate surface area is 97.9 Å². The highest BCUT2D eigenvalue weighted by Crippen LogP contribution is 2.22. The van der Waals surface area contributed by atoms with Gasteiger partial charge in [-0.1, -0.05) is 6.92 Å². The monoisotopic (exact) mass is 242 g/mol. The van der Waals surface area contributed by atoms with Crippen LogP contribution in [0.1, 0.15) is 28.8 Å². The van der Waals surface area contributed by atoms with Gasteiger partial charge in [0.1, 0.15) is 16.4 Å². The lowest BCUT2D eigenvalue weighted by molar-refractivity contribution is 0.0690. The second kappa shape index (κ2) is 5.81. The predicted octanol–water partition coefficient (Wildman–Crippen LogP) is 1.13. The predicted molar refractivity (Wildman–Crippen MR) is 60.9 cm³/mol. The standard InChI is InChI=1S/C10H14N2O3S/c1-3-7-11-6(2)8(10(14)15)9(12-7)16-5-4-13/h13H,3-5H2,1-2H3,(H,14,15). The molecule has 0 saturated heterocycles. The summed E-state index contributed by atoms with van der Waals surface area (Å²) in [6, 6.07) is 0. The Morgan fingerprint density at radius 1 is 1.44 bits per heavy atom. The minimum absolute atomic E-state index is 0.00572. The van der Waals surface area contributed by atoms with Gasteiger partial charge in [0.2, 0.25) is 0 Å². The first-order valence-corrected chi connectivity index (χ1v) is 5.93. The van der Waals surface area contributed by atoms with Gasteiger partial charge in [-0.05, 0) is 6.92 Å². The molecule has 88 valence electrons. The van der Waals surface area contributed by atoms with Crippen molar-refractivity contribution in [2.75, 3.05) is 12.4 Å². The molecule has 16 heavy (non-hydrogen) atoms. The molecule has 1 rings (SSSR count). The van der Waals surface area contributed by atoms with Crippen LogP contribution in [0, 0.1) is 6.92 Å². The fourth-order valence-electron chi connectivity index (χ4n) is 1.25. The van der Waals surface area contributed by atoms with Crippen molar-refractivity contribution >= 4 is 17.7 Å². The van der Waals surface area contributed by atoms with Crippen molar-refractivity contribution in [3.8, 4) is 0 Å². The molecule has 0 atom stereocenters. The molecular formula is C10H14N2O3S. The van der Waals surface area contributed by atoms with Crippen LogP contribution in [-0.4, -0.2) is 38.5 Å². The molecule has 1 aromatic heterocycles. The third kappa shape index (κ3) is 2.93. The second-order valence-electron chi connectivity index (χ2n) is 3.14. The molecule has 0 spiro atoms. The molecule has 0 bridgehead atoms. The number of carboxylic acid groups (broad SMARTS) is 1. The van der Waals surface area contributed by atoms with E-state index in [9.17, 15) is 4.79 Å². The highest BCUT2D eigenvalue weighted by Gasteiger charge is 2.17. The van der Waals surface area contributed by atoms with Gasteiger partial charge in [0.15, 0.2) is 0 Å². The Morgan fingerprint density at radius 2 is 2.12 bits per heavy atom. The van der Waals surface area contributed by atoms with Crippen molar-refractivity contribution in [2.45, 2.75) is 25.3 Å². The number of aliphatic hydroxyl groups is 1. The molecule has 5 nitrogen and oxygen atoms in total. The first-order chi connectivity index (χ1) is 7.60. The van der Waals surface area contributed by atoms with E-state index in [1.54, 1.807) is 6.92 Å². The number of hydrogen-bond donors (Lipinski definition) is 2. The minimum Gasteiger partial charge on any atom is -0.478 e. The average molecular weight is 242 g/mol. The third-order valence-electron chi connectivity index (χ3n) is 1.96. The van der Waals surface area contributed by atoms with Gasteiger partial charge in [-0.2, -0.15) is 0 Å². The van der Waals surface area contributed by atoms with E-state index in [1.165, 1.54) is 11.8 Å². The van der Waals surface area contributed by atoms with Crippen LogP contribution in [0.15, 0.2) is 5.03 Å². The number of hydrogen-bond acceptors (Lipinski definition) is 5. The van der Waals surface area contributed by atoms with Crippen molar-refractivity contribution in [3.63, 3.8) is 0 Å². The number of aromatic carboxylic acids is 1. The van der Waals surface area contributed by atoms with Crippen molar-refractivity contribution in [3.05, 3.63) is 17.1 Å². The van der Waals surface area contributed by atoms with Gasteiger partial charge < -0.3 is 10.2 Å². The van der Waals surface area contributed by atoms with Crippen molar-refractivity contribution in [1.29, 1.82) is 0 Å². The zero-order chi connectivity index (χ0) is 12.1. The van der Waals surface area contributed by atoms with Crippen molar-refractivity contribution < 1.29 is 15.0 Å². The summed E-state index contributed by atoms with van der Waals surface area (Å²) in [6.45, 7) is 3.57. The summed E-state index contributed by atoms with van der Waals surface area (Å²) < 4.78 is 0. The lowest BCUT2D eigenvalue weighted by atomic mass is 10.2. The van der Waals surface area contributed by atoms with Crippen LogP contribution in [0.25, 0.3) is 0 Å². The van der Waals surface area contributed by atoms with Crippen LogP contribution in [0.2, 0.25) is 0 Å². The summed E-state index contributed by atoms with van der Waals surface area (Å²) >= 11 is 1.24. The van der Waals surface area contributed by atoms with Crippen LogP contribution in [0.4, 0.5) is 0 Å². The molecule has 0 fully saturated rings. The minimum atomic E-state index is -1.03. The van der Waals surface area contributed by atoms with Crippen LogP contribution >= 0.6 is 11.8 Å². The Bertz CT molecular complexity index is 396. The first kappa shape index (κ1) is 12.9. The third-order valence-corrected chi connectivity index (χ3v) is 2.92. The van der Waals surface area contributed by atoms with Crippen molar-refractivity contribution in [1.82, 2.24) is 9.97 Å². The van der Waals surface area contributed by atoms with Gasteiger partial charge in [0.25, 0.3) is 0 Å². The zero-order valence-electron chi connectivity index (χ0n) is 9.23. The van der Waals surface area contributed by atoms with E-state index in [1.807, 2.05) is 6.92 Å². The molecule has 0 amide bonds. The number of aryl methyl sites for hydroxylation is 2. The van der Waals surface area contributed by atoms with E-state index in [4.69, 9.17) is 10.2 Å². The Balaban J connectivity index is 3.17. The van der Waals surface area contributed by atoms with E-state index >= 15 is 0 Å². The molecule has 0 aliphatic rings. The molecule has 0 aliphatic heterocycles. The van der Waals surface area contributed by atoms with E-state index < -0.39 is 5.97 Å². The molecule has 0 unspecified atom stereocenters. The van der Waals surface area contributed by atoms with Crippen LogP contribution < -0.4 is 0 Å². The molecule has 2 N–H and O–H groups in total. The second-order valence-corrected chi connectivity index (χ2v) is 4.22. The van der Waals surface area contributed by atoms with Crippen LogP contribution in [-0.2, 0) is 6.42 Å². The van der Waals surface area contributed by atoms with E-state index in [0.717, 1.165) is 0 Å². The van der Waals surface area contributed by atoms with Crippen molar-refractivity contribution in [2.24, 2.45) is 0 Å². The van der Waals surface area contributed by atoms with E-state index in [0.29, 0.717) is 28.7 Å². The summed E-state index contributed by atoms with van der Waals surface area (Å²) in [5, 5.41) is 18.2. The lowest BCUT2D eigenvalue weighted by Gasteiger charge is -2.08. The molecule has 1 heterocycles. The van der Waals surface area contributed by atoms with E-state index in [-0.39, 0.29) is 12.2 Å². The molecular weight excluding hydrogens is 228 g/mol. The average Bonchev–Trinajstić information content (AvgIpc) is 2.24. The number of thioether (sulfide) groups is 1. The molecule has 0 aliphatic carbocycles. The number of rotatable bonds is 5. The quantitative estimate of drug-likeness (QED) is 0.595. The van der Waals surface area contributed by atoms with Gasteiger partial charge in [0, 0.05) is 12.2 Å². The maximum atomic E-state index is 11.0. The summed E-state index contributed by atoms with van der Waals surface area (Å²) in [7, 11) is 0. The Hall–Kier alpha value is -1.14. The maximum absolute atomic E-state index is 11.0. The number of aromatic nitrogens is 2. The number of carbonyl (C=O) groups is 1. The van der Waals surface area contributed by atoms with Gasteiger partial charge in [0.05, 0.1) is 12.3 Å². The van der Waals surface area contributed by atoms with Gasteiger partial charge in [-0.3, -0.25) is 0 Å². The topological polar surface area (TPSA) is 83.3 Å². The smallest absolute Gasteiger partial charge is 0.340 e. The van der Waals surface area contributed by atoms with E-state index in [2.05, 4.69) is 9.97 Å². The zero-order valence-corrected chi connectivity index (χ0v) is 10.0. The summed E-state index contributed by atoms with van der Waals surface area (Å²) in [4.78, 5) is 19.3. The molecule has 0 radical (unpaired) electrons. The van der Waals surface area contributed by atoms with Gasteiger partial charge in [-0.15, -0.1) is 11.8 Å².